The van der Waals surface area contributed by atoms with Crippen molar-refractivity contribution in [2.24, 2.45) is 17.6 Å². The number of rotatable bonds is 4. The molecular formula is C12H24N2O. The van der Waals surface area contributed by atoms with Crippen LogP contribution in [0.2, 0.25) is 0 Å². The van der Waals surface area contributed by atoms with Crippen LogP contribution in [0.3, 0.4) is 0 Å². The van der Waals surface area contributed by atoms with E-state index in [4.69, 9.17) is 5.73 Å². The number of carbonyl (C=O) groups excluding carboxylic acids is 1. The van der Waals surface area contributed by atoms with E-state index in [-0.39, 0.29) is 11.4 Å². The predicted octanol–water partition coefficient (Wildman–Crippen LogP) is 1.62. The molecule has 0 aromatic rings. The molecular weight excluding hydrogens is 188 g/mol. The molecule has 0 saturated carbocycles. The first-order valence-electron chi connectivity index (χ1n) is 5.95. The maximum atomic E-state index is 11.8. The number of amides is 1. The summed E-state index contributed by atoms with van der Waals surface area (Å²) in [7, 11) is 0. The van der Waals surface area contributed by atoms with Crippen molar-refractivity contribution in [3.05, 3.63) is 0 Å². The Balaban J connectivity index is 2.35. The summed E-state index contributed by atoms with van der Waals surface area (Å²) in [6, 6.07) is 0. The molecule has 0 bridgehead atoms. The Morgan fingerprint density at radius 2 is 1.93 bits per heavy atom. The summed E-state index contributed by atoms with van der Waals surface area (Å²) in [6.45, 7) is 9.96. The molecule has 0 radical (unpaired) electrons. The first kappa shape index (κ1) is 12.5. The van der Waals surface area contributed by atoms with Gasteiger partial charge < -0.3 is 10.6 Å². The van der Waals surface area contributed by atoms with Crippen LogP contribution in [0.15, 0.2) is 0 Å². The van der Waals surface area contributed by atoms with Gasteiger partial charge in [0, 0.05) is 19.5 Å². The van der Waals surface area contributed by atoms with E-state index >= 15 is 0 Å². The highest BCUT2D eigenvalue weighted by Crippen LogP contribution is 2.27. The lowest BCUT2D eigenvalue weighted by Crippen LogP contribution is -2.71. The van der Waals surface area contributed by atoms with E-state index in [0.717, 1.165) is 19.5 Å². The Morgan fingerprint density at radius 3 is 2.33 bits per heavy atom. The van der Waals surface area contributed by atoms with E-state index in [2.05, 4.69) is 27.7 Å². The Hall–Kier alpha value is -0.570. The lowest BCUT2D eigenvalue weighted by Gasteiger charge is -2.50. The molecule has 1 unspecified atom stereocenters. The van der Waals surface area contributed by atoms with E-state index in [0.29, 0.717) is 18.3 Å². The van der Waals surface area contributed by atoms with Gasteiger partial charge in [-0.3, -0.25) is 4.79 Å². The SMILES string of the molecule is CCC(C)CC(=O)N1CC(N)(C(C)C)C1. The van der Waals surface area contributed by atoms with E-state index in [1.807, 2.05) is 4.90 Å². The van der Waals surface area contributed by atoms with E-state index < -0.39 is 0 Å². The standard InChI is InChI=1S/C12H24N2O/c1-5-10(4)6-11(15)14-7-12(13,8-14)9(2)3/h9-10H,5-8,13H2,1-4H3. The van der Waals surface area contributed by atoms with Crippen LogP contribution in [-0.4, -0.2) is 29.4 Å². The third kappa shape index (κ3) is 2.71. The zero-order chi connectivity index (χ0) is 11.6. The van der Waals surface area contributed by atoms with Crippen LogP contribution in [0, 0.1) is 11.8 Å². The monoisotopic (exact) mass is 212 g/mol. The molecule has 0 spiro atoms. The minimum atomic E-state index is -0.134. The summed E-state index contributed by atoms with van der Waals surface area (Å²) in [5.41, 5.74) is 6.01. The molecule has 15 heavy (non-hydrogen) atoms. The van der Waals surface area contributed by atoms with Gasteiger partial charge in [-0.25, -0.2) is 0 Å². The summed E-state index contributed by atoms with van der Waals surface area (Å²) < 4.78 is 0. The molecule has 3 nitrogen and oxygen atoms in total. The zero-order valence-electron chi connectivity index (χ0n) is 10.4. The van der Waals surface area contributed by atoms with Crippen LogP contribution >= 0.6 is 0 Å². The van der Waals surface area contributed by atoms with E-state index in [9.17, 15) is 4.79 Å². The van der Waals surface area contributed by atoms with Crippen LogP contribution in [0.25, 0.3) is 0 Å². The second-order valence-corrected chi connectivity index (χ2v) is 5.36. The van der Waals surface area contributed by atoms with Crippen LogP contribution in [0.4, 0.5) is 0 Å². The summed E-state index contributed by atoms with van der Waals surface area (Å²) in [6.07, 6.45) is 1.74. The van der Waals surface area contributed by atoms with Crippen molar-refractivity contribution in [1.82, 2.24) is 4.90 Å². The van der Waals surface area contributed by atoms with Gasteiger partial charge in [0.2, 0.25) is 5.91 Å². The molecule has 1 saturated heterocycles. The number of likely N-dealkylation sites (tertiary alicyclic amines) is 1. The number of hydrogen-bond donors (Lipinski definition) is 1. The third-order valence-electron chi connectivity index (χ3n) is 3.69. The molecule has 0 aromatic heterocycles. The lowest BCUT2D eigenvalue weighted by molar-refractivity contribution is -0.141. The average Bonchev–Trinajstić information content (AvgIpc) is 2.11. The molecule has 1 rings (SSSR count). The number of carbonyl (C=O) groups is 1. The topological polar surface area (TPSA) is 46.3 Å². The predicted molar refractivity (Wildman–Crippen MR) is 62.4 cm³/mol. The van der Waals surface area contributed by atoms with Gasteiger partial charge in [-0.05, 0) is 11.8 Å². The van der Waals surface area contributed by atoms with Crippen molar-refractivity contribution in [3.8, 4) is 0 Å². The number of nitrogens with two attached hydrogens (primary N) is 1. The smallest absolute Gasteiger partial charge is 0.222 e. The maximum absolute atomic E-state index is 11.8. The summed E-state index contributed by atoms with van der Waals surface area (Å²) in [4.78, 5) is 13.7. The van der Waals surface area contributed by atoms with Gasteiger partial charge in [0.15, 0.2) is 0 Å². The van der Waals surface area contributed by atoms with Crippen molar-refractivity contribution in [3.63, 3.8) is 0 Å². The first-order valence-corrected chi connectivity index (χ1v) is 5.95. The highest BCUT2D eigenvalue weighted by atomic mass is 16.2. The highest BCUT2D eigenvalue weighted by molar-refractivity contribution is 5.77. The van der Waals surface area contributed by atoms with Gasteiger partial charge in [0.1, 0.15) is 0 Å². The fourth-order valence-corrected chi connectivity index (χ4v) is 1.78. The minimum absolute atomic E-state index is 0.134. The third-order valence-corrected chi connectivity index (χ3v) is 3.69. The Labute approximate surface area is 93.0 Å². The molecule has 1 aliphatic heterocycles. The largest absolute Gasteiger partial charge is 0.339 e. The molecule has 3 heteroatoms. The normalized spacial score (nSPS) is 21.3. The molecule has 1 fully saturated rings. The fourth-order valence-electron chi connectivity index (χ4n) is 1.78. The van der Waals surface area contributed by atoms with Gasteiger partial charge in [-0.2, -0.15) is 0 Å². The van der Waals surface area contributed by atoms with Crippen LogP contribution < -0.4 is 5.73 Å². The zero-order valence-corrected chi connectivity index (χ0v) is 10.4. The molecule has 0 aliphatic carbocycles. The van der Waals surface area contributed by atoms with Crippen molar-refractivity contribution in [2.75, 3.05) is 13.1 Å². The average molecular weight is 212 g/mol. The van der Waals surface area contributed by atoms with Gasteiger partial charge in [0.05, 0.1) is 5.54 Å². The molecule has 1 amide bonds. The highest BCUT2D eigenvalue weighted by Gasteiger charge is 2.43. The molecule has 1 heterocycles. The van der Waals surface area contributed by atoms with Crippen molar-refractivity contribution < 1.29 is 4.79 Å². The first-order chi connectivity index (χ1) is 6.89. The maximum Gasteiger partial charge on any atom is 0.222 e. The number of hydrogen-bond acceptors (Lipinski definition) is 2. The summed E-state index contributed by atoms with van der Waals surface area (Å²) in [5.74, 6) is 1.21. The van der Waals surface area contributed by atoms with Gasteiger partial charge in [-0.1, -0.05) is 34.1 Å². The van der Waals surface area contributed by atoms with E-state index in [1.165, 1.54) is 0 Å². The van der Waals surface area contributed by atoms with Crippen molar-refractivity contribution >= 4 is 5.91 Å². The molecule has 2 N–H and O–H groups in total. The molecule has 1 aliphatic rings. The quantitative estimate of drug-likeness (QED) is 0.769. The number of nitrogens with zero attached hydrogens (tertiary/aromatic N) is 1. The molecule has 1 atom stereocenters. The Bertz CT molecular complexity index is 232. The van der Waals surface area contributed by atoms with Gasteiger partial charge in [0.25, 0.3) is 0 Å². The Kier molecular flexibility index (Phi) is 3.77. The van der Waals surface area contributed by atoms with Gasteiger partial charge >= 0.3 is 0 Å². The second kappa shape index (κ2) is 4.52. The molecule has 0 aromatic carbocycles. The van der Waals surface area contributed by atoms with Crippen LogP contribution in [0.1, 0.15) is 40.5 Å². The van der Waals surface area contributed by atoms with Crippen LogP contribution in [-0.2, 0) is 4.79 Å². The second-order valence-electron chi connectivity index (χ2n) is 5.36. The van der Waals surface area contributed by atoms with Gasteiger partial charge in [-0.15, -0.1) is 0 Å². The van der Waals surface area contributed by atoms with Crippen LogP contribution in [0.5, 0.6) is 0 Å². The molecule has 88 valence electrons. The fraction of sp³-hybridized carbons (Fsp3) is 0.917. The van der Waals surface area contributed by atoms with Crippen molar-refractivity contribution in [2.45, 2.75) is 46.1 Å². The summed E-state index contributed by atoms with van der Waals surface area (Å²) in [5, 5.41) is 0. The minimum Gasteiger partial charge on any atom is -0.339 e. The summed E-state index contributed by atoms with van der Waals surface area (Å²) >= 11 is 0. The lowest BCUT2D eigenvalue weighted by atomic mass is 9.80. The van der Waals surface area contributed by atoms with E-state index in [1.54, 1.807) is 0 Å². The van der Waals surface area contributed by atoms with Crippen molar-refractivity contribution in [1.29, 1.82) is 0 Å². The Morgan fingerprint density at radius 1 is 1.40 bits per heavy atom.